The van der Waals surface area contributed by atoms with Crippen molar-refractivity contribution in [3.05, 3.63) is 18.2 Å². The lowest BCUT2D eigenvalue weighted by molar-refractivity contribution is -0.131. The molecule has 0 fully saturated rings. The predicted molar refractivity (Wildman–Crippen MR) is 72.2 cm³/mol. The molecule has 0 atom stereocenters. The molecule has 0 aromatic carbocycles. The highest BCUT2D eigenvalue weighted by molar-refractivity contribution is 5.75. The van der Waals surface area contributed by atoms with E-state index >= 15 is 0 Å². The van der Waals surface area contributed by atoms with Crippen molar-refractivity contribution >= 4 is 5.91 Å². The van der Waals surface area contributed by atoms with E-state index in [2.05, 4.69) is 17.2 Å². The highest BCUT2D eigenvalue weighted by atomic mass is 16.2. The second-order valence-electron chi connectivity index (χ2n) is 4.28. The zero-order valence-corrected chi connectivity index (χ0v) is 11.6. The molecule has 1 N–H and O–H groups in total. The molecule has 1 aromatic rings. The maximum atomic E-state index is 11.9. The van der Waals surface area contributed by atoms with Crippen LogP contribution in [-0.2, 0) is 17.9 Å². The van der Waals surface area contributed by atoms with Gasteiger partial charge in [-0.25, -0.2) is 4.98 Å². The highest BCUT2D eigenvalue weighted by Crippen LogP contribution is 1.99. The van der Waals surface area contributed by atoms with Crippen LogP contribution in [0.2, 0.25) is 0 Å². The van der Waals surface area contributed by atoms with Crippen molar-refractivity contribution in [2.24, 2.45) is 0 Å². The largest absolute Gasteiger partial charge is 0.342 e. The molecule has 102 valence electrons. The molecular formula is C13H24N4O. The van der Waals surface area contributed by atoms with Gasteiger partial charge in [0.2, 0.25) is 5.91 Å². The quantitative estimate of drug-likeness (QED) is 0.708. The van der Waals surface area contributed by atoms with E-state index in [1.54, 1.807) is 6.33 Å². The average Bonchev–Trinajstić information content (AvgIpc) is 2.79. The lowest BCUT2D eigenvalue weighted by Gasteiger charge is -2.18. The molecule has 0 radical (unpaired) electrons. The van der Waals surface area contributed by atoms with Crippen LogP contribution >= 0.6 is 0 Å². The number of rotatable bonds is 8. The molecule has 0 aliphatic heterocycles. The lowest BCUT2D eigenvalue weighted by Crippen LogP contribution is -2.33. The van der Waals surface area contributed by atoms with Crippen LogP contribution in [-0.4, -0.2) is 40.0 Å². The van der Waals surface area contributed by atoms with E-state index in [1.807, 2.05) is 29.5 Å². The van der Waals surface area contributed by atoms with Crippen molar-refractivity contribution in [3.63, 3.8) is 0 Å². The Balaban J connectivity index is 2.45. The highest BCUT2D eigenvalue weighted by Gasteiger charge is 2.10. The summed E-state index contributed by atoms with van der Waals surface area (Å²) in [4.78, 5) is 18.0. The zero-order valence-electron chi connectivity index (χ0n) is 11.6. The minimum absolute atomic E-state index is 0.144. The predicted octanol–water partition coefficient (Wildman–Crippen LogP) is 1.25. The third kappa shape index (κ3) is 4.49. The Morgan fingerprint density at radius 3 is 2.72 bits per heavy atom. The lowest BCUT2D eigenvalue weighted by atomic mass is 10.4. The first kappa shape index (κ1) is 14.7. The molecule has 0 saturated heterocycles. The summed E-state index contributed by atoms with van der Waals surface area (Å²) in [6, 6.07) is 0. The Labute approximate surface area is 109 Å². The van der Waals surface area contributed by atoms with Crippen LogP contribution in [0.3, 0.4) is 0 Å². The number of hydrogen-bond acceptors (Lipinski definition) is 3. The first-order valence-corrected chi connectivity index (χ1v) is 6.70. The van der Waals surface area contributed by atoms with Crippen molar-refractivity contribution in [1.29, 1.82) is 0 Å². The van der Waals surface area contributed by atoms with Gasteiger partial charge in [0, 0.05) is 25.8 Å². The number of nitrogens with zero attached hydrogens (tertiary/aromatic N) is 3. The number of nitrogens with one attached hydrogen (secondary N) is 1. The van der Waals surface area contributed by atoms with Crippen LogP contribution in [0.25, 0.3) is 0 Å². The molecule has 5 nitrogen and oxygen atoms in total. The fourth-order valence-electron chi connectivity index (χ4n) is 1.81. The summed E-state index contributed by atoms with van der Waals surface area (Å²) < 4.78 is 1.85. The summed E-state index contributed by atoms with van der Waals surface area (Å²) >= 11 is 0. The molecule has 18 heavy (non-hydrogen) atoms. The molecular weight excluding hydrogens is 228 g/mol. The van der Waals surface area contributed by atoms with Gasteiger partial charge in [-0.2, -0.15) is 0 Å². The number of carbonyl (C=O) groups is 1. The van der Waals surface area contributed by atoms with Gasteiger partial charge in [0.25, 0.3) is 0 Å². The molecule has 1 aromatic heterocycles. The first-order valence-electron chi connectivity index (χ1n) is 6.70. The number of hydrogen-bond donors (Lipinski definition) is 1. The summed E-state index contributed by atoms with van der Waals surface area (Å²) in [6.07, 6.45) is 4.77. The van der Waals surface area contributed by atoms with Crippen molar-refractivity contribution in [2.45, 2.75) is 40.3 Å². The summed E-state index contributed by atoms with van der Waals surface area (Å²) in [7, 11) is 0. The molecule has 1 rings (SSSR count). The minimum atomic E-state index is 0.144. The second kappa shape index (κ2) is 7.87. The van der Waals surface area contributed by atoms with Gasteiger partial charge in [0.15, 0.2) is 0 Å². The van der Waals surface area contributed by atoms with E-state index < -0.39 is 0 Å². The van der Waals surface area contributed by atoms with Crippen LogP contribution in [0.5, 0.6) is 0 Å². The summed E-state index contributed by atoms with van der Waals surface area (Å²) in [5.41, 5.74) is 0.982. The van der Waals surface area contributed by atoms with Gasteiger partial charge in [-0.3, -0.25) is 4.79 Å². The maximum Gasteiger partial charge on any atom is 0.242 e. The van der Waals surface area contributed by atoms with E-state index in [1.165, 1.54) is 0 Å². The number of carbonyl (C=O) groups excluding carboxylic acids is 1. The Morgan fingerprint density at radius 1 is 1.39 bits per heavy atom. The van der Waals surface area contributed by atoms with Gasteiger partial charge in [-0.05, 0) is 26.8 Å². The molecule has 0 saturated carbocycles. The number of likely N-dealkylation sites (N-methyl/N-ethyl adjacent to an activating group) is 1. The number of aromatic nitrogens is 2. The van der Waals surface area contributed by atoms with E-state index in [9.17, 15) is 4.79 Å². The molecule has 0 aliphatic rings. The third-order valence-corrected chi connectivity index (χ3v) is 2.85. The third-order valence-electron chi connectivity index (χ3n) is 2.85. The maximum absolute atomic E-state index is 11.9. The van der Waals surface area contributed by atoms with Crippen LogP contribution in [0.4, 0.5) is 0 Å². The van der Waals surface area contributed by atoms with Crippen molar-refractivity contribution < 1.29 is 4.79 Å². The first-order chi connectivity index (χ1) is 8.71. The normalized spacial score (nSPS) is 10.6. The van der Waals surface area contributed by atoms with Gasteiger partial charge < -0.3 is 14.8 Å². The smallest absolute Gasteiger partial charge is 0.242 e. The number of amides is 1. The number of imidazole rings is 1. The van der Waals surface area contributed by atoms with Crippen LogP contribution < -0.4 is 5.32 Å². The second-order valence-corrected chi connectivity index (χ2v) is 4.28. The molecule has 5 heteroatoms. The van der Waals surface area contributed by atoms with Crippen molar-refractivity contribution in [2.75, 3.05) is 19.6 Å². The van der Waals surface area contributed by atoms with Crippen LogP contribution in [0, 0.1) is 0 Å². The van der Waals surface area contributed by atoms with Gasteiger partial charge in [-0.1, -0.05) is 6.92 Å². The van der Waals surface area contributed by atoms with E-state index in [0.717, 1.165) is 38.3 Å². The average molecular weight is 252 g/mol. The topological polar surface area (TPSA) is 50.2 Å². The van der Waals surface area contributed by atoms with Gasteiger partial charge in [-0.15, -0.1) is 0 Å². The van der Waals surface area contributed by atoms with Gasteiger partial charge in [0.05, 0.1) is 12.0 Å². The Morgan fingerprint density at radius 2 is 2.11 bits per heavy atom. The Hall–Kier alpha value is -1.36. The summed E-state index contributed by atoms with van der Waals surface area (Å²) in [6.45, 7) is 9.77. The van der Waals surface area contributed by atoms with E-state index in [0.29, 0.717) is 6.54 Å². The van der Waals surface area contributed by atoms with Crippen LogP contribution in [0.15, 0.2) is 12.5 Å². The molecule has 0 aliphatic carbocycles. The van der Waals surface area contributed by atoms with Gasteiger partial charge in [0.1, 0.15) is 6.54 Å². The van der Waals surface area contributed by atoms with Crippen molar-refractivity contribution in [3.8, 4) is 0 Å². The van der Waals surface area contributed by atoms with Crippen LogP contribution in [0.1, 0.15) is 32.9 Å². The molecule has 0 unspecified atom stereocenters. The van der Waals surface area contributed by atoms with E-state index in [4.69, 9.17) is 0 Å². The Bertz CT molecular complexity index is 358. The molecule has 1 amide bonds. The Kier molecular flexibility index (Phi) is 6.43. The standard InChI is InChI=1S/C13H24N4O/c1-4-7-14-8-12-9-16(11-15-12)10-13(18)17(5-2)6-3/h9,11,14H,4-8,10H2,1-3H3. The SMILES string of the molecule is CCCNCc1cn(CC(=O)N(CC)CC)cn1. The minimum Gasteiger partial charge on any atom is -0.342 e. The van der Waals surface area contributed by atoms with Gasteiger partial charge >= 0.3 is 0 Å². The summed E-state index contributed by atoms with van der Waals surface area (Å²) in [5.74, 6) is 0.144. The monoisotopic (exact) mass is 252 g/mol. The fraction of sp³-hybridized carbons (Fsp3) is 0.692. The fourth-order valence-corrected chi connectivity index (χ4v) is 1.81. The molecule has 1 heterocycles. The molecule has 0 bridgehead atoms. The van der Waals surface area contributed by atoms with E-state index in [-0.39, 0.29) is 5.91 Å². The summed E-state index contributed by atoms with van der Waals surface area (Å²) in [5, 5.41) is 3.29. The van der Waals surface area contributed by atoms with Crippen molar-refractivity contribution in [1.82, 2.24) is 19.8 Å². The zero-order chi connectivity index (χ0) is 13.4. The molecule has 0 spiro atoms.